The van der Waals surface area contributed by atoms with E-state index < -0.39 is 0 Å². The van der Waals surface area contributed by atoms with Crippen LogP contribution in [0.5, 0.6) is 11.5 Å². The summed E-state index contributed by atoms with van der Waals surface area (Å²) in [6.45, 7) is 12.4. The standard InChI is InChI=1S/C15H24O2S/c1-14(2,3)9-8-10(18)13(17-7)11(12(9)16)15(4,5)6/h8,16,18H,1-7H3. The summed E-state index contributed by atoms with van der Waals surface area (Å²) in [5.74, 6) is 0.987. The Balaban J connectivity index is 3.71. The number of benzene rings is 1. The van der Waals surface area contributed by atoms with Crippen molar-refractivity contribution in [1.29, 1.82) is 0 Å². The van der Waals surface area contributed by atoms with E-state index in [1.165, 1.54) is 0 Å². The lowest BCUT2D eigenvalue weighted by molar-refractivity contribution is 0.366. The molecular weight excluding hydrogens is 244 g/mol. The molecule has 0 bridgehead atoms. The van der Waals surface area contributed by atoms with Crippen LogP contribution < -0.4 is 4.74 Å². The summed E-state index contributed by atoms with van der Waals surface area (Å²) in [6, 6.07) is 1.90. The monoisotopic (exact) mass is 268 g/mol. The first-order chi connectivity index (χ1) is 8.00. The van der Waals surface area contributed by atoms with Gasteiger partial charge in [0.05, 0.1) is 7.11 Å². The molecule has 0 unspecified atom stereocenters. The molecule has 0 heterocycles. The topological polar surface area (TPSA) is 29.5 Å². The second kappa shape index (κ2) is 4.69. The summed E-state index contributed by atoms with van der Waals surface area (Å²) < 4.78 is 5.41. The van der Waals surface area contributed by atoms with Crippen molar-refractivity contribution in [2.75, 3.05) is 7.11 Å². The summed E-state index contributed by atoms with van der Waals surface area (Å²) in [7, 11) is 1.61. The highest BCUT2D eigenvalue weighted by Crippen LogP contribution is 2.46. The van der Waals surface area contributed by atoms with Crippen molar-refractivity contribution in [1.82, 2.24) is 0 Å². The Morgan fingerprint density at radius 2 is 1.56 bits per heavy atom. The number of ether oxygens (including phenoxy) is 1. The van der Waals surface area contributed by atoms with Gasteiger partial charge in [0.15, 0.2) is 0 Å². The van der Waals surface area contributed by atoms with Crippen molar-refractivity contribution in [2.24, 2.45) is 0 Å². The van der Waals surface area contributed by atoms with Gasteiger partial charge in [-0.2, -0.15) is 0 Å². The molecule has 0 atom stereocenters. The molecule has 0 aliphatic rings. The van der Waals surface area contributed by atoms with E-state index in [1.54, 1.807) is 7.11 Å². The molecule has 2 nitrogen and oxygen atoms in total. The fourth-order valence-corrected chi connectivity index (χ4v) is 2.45. The largest absolute Gasteiger partial charge is 0.507 e. The van der Waals surface area contributed by atoms with E-state index in [-0.39, 0.29) is 10.8 Å². The zero-order valence-corrected chi connectivity index (χ0v) is 13.3. The first-order valence-corrected chi connectivity index (χ1v) is 6.58. The van der Waals surface area contributed by atoms with Crippen molar-refractivity contribution in [3.05, 3.63) is 17.2 Å². The van der Waals surface area contributed by atoms with Crippen LogP contribution in [0.4, 0.5) is 0 Å². The smallest absolute Gasteiger partial charge is 0.139 e. The van der Waals surface area contributed by atoms with Gasteiger partial charge in [0, 0.05) is 16.0 Å². The van der Waals surface area contributed by atoms with Crippen molar-refractivity contribution in [2.45, 2.75) is 57.3 Å². The minimum Gasteiger partial charge on any atom is -0.507 e. The van der Waals surface area contributed by atoms with E-state index in [1.807, 2.05) is 6.07 Å². The van der Waals surface area contributed by atoms with Crippen LogP contribution >= 0.6 is 12.6 Å². The van der Waals surface area contributed by atoms with E-state index in [4.69, 9.17) is 4.74 Å². The second-order valence-corrected chi connectivity index (χ2v) is 7.18. The first-order valence-electron chi connectivity index (χ1n) is 6.14. The van der Waals surface area contributed by atoms with E-state index in [9.17, 15) is 5.11 Å². The van der Waals surface area contributed by atoms with Gasteiger partial charge >= 0.3 is 0 Å². The highest BCUT2D eigenvalue weighted by molar-refractivity contribution is 7.80. The number of aromatic hydroxyl groups is 1. The lowest BCUT2D eigenvalue weighted by Gasteiger charge is -2.29. The van der Waals surface area contributed by atoms with Crippen LogP contribution in [0.15, 0.2) is 11.0 Å². The Hall–Kier alpha value is -0.830. The summed E-state index contributed by atoms with van der Waals surface area (Å²) >= 11 is 4.49. The highest BCUT2D eigenvalue weighted by Gasteiger charge is 2.30. The predicted molar refractivity (Wildman–Crippen MR) is 79.3 cm³/mol. The van der Waals surface area contributed by atoms with Crippen LogP contribution in [0.1, 0.15) is 52.7 Å². The summed E-state index contributed by atoms with van der Waals surface area (Å²) in [4.78, 5) is 0.769. The fourth-order valence-electron chi connectivity index (χ4n) is 2.12. The Bertz CT molecular complexity index is 451. The van der Waals surface area contributed by atoms with Gasteiger partial charge in [0.1, 0.15) is 11.5 Å². The lowest BCUT2D eigenvalue weighted by atomic mass is 9.79. The van der Waals surface area contributed by atoms with Crippen LogP contribution in [-0.2, 0) is 10.8 Å². The number of phenols is 1. The molecule has 102 valence electrons. The lowest BCUT2D eigenvalue weighted by Crippen LogP contribution is -2.18. The molecule has 0 spiro atoms. The van der Waals surface area contributed by atoms with Gasteiger partial charge in [-0.3, -0.25) is 0 Å². The van der Waals surface area contributed by atoms with Crippen LogP contribution in [0.3, 0.4) is 0 Å². The quantitative estimate of drug-likeness (QED) is 0.744. The van der Waals surface area contributed by atoms with Gasteiger partial charge < -0.3 is 9.84 Å². The molecule has 0 amide bonds. The van der Waals surface area contributed by atoms with E-state index >= 15 is 0 Å². The molecule has 1 aromatic carbocycles. The van der Waals surface area contributed by atoms with Gasteiger partial charge in [-0.15, -0.1) is 12.6 Å². The molecule has 1 N–H and O–H groups in total. The van der Waals surface area contributed by atoms with Crippen molar-refractivity contribution >= 4 is 12.6 Å². The maximum atomic E-state index is 10.6. The molecule has 1 aromatic rings. The maximum Gasteiger partial charge on any atom is 0.139 e. The Morgan fingerprint density at radius 1 is 1.06 bits per heavy atom. The minimum absolute atomic E-state index is 0.131. The van der Waals surface area contributed by atoms with Crippen molar-refractivity contribution < 1.29 is 9.84 Å². The predicted octanol–water partition coefficient (Wildman–Crippen LogP) is 4.28. The maximum absolute atomic E-state index is 10.6. The summed E-state index contributed by atoms with van der Waals surface area (Å²) in [5.41, 5.74) is 1.39. The number of phenolic OH excluding ortho intramolecular Hbond substituents is 1. The molecule has 0 aliphatic carbocycles. The number of hydrogen-bond acceptors (Lipinski definition) is 3. The third-order valence-corrected chi connectivity index (χ3v) is 3.33. The minimum atomic E-state index is -0.200. The van der Waals surface area contributed by atoms with Crippen LogP contribution in [0.25, 0.3) is 0 Å². The Morgan fingerprint density at radius 3 is 1.89 bits per heavy atom. The summed E-state index contributed by atoms with van der Waals surface area (Å²) in [5, 5.41) is 10.6. The summed E-state index contributed by atoms with van der Waals surface area (Å²) in [6.07, 6.45) is 0. The molecule has 0 aromatic heterocycles. The van der Waals surface area contributed by atoms with Crippen LogP contribution in [-0.4, -0.2) is 12.2 Å². The highest BCUT2D eigenvalue weighted by atomic mass is 32.1. The molecule has 0 saturated carbocycles. The Labute approximate surface area is 116 Å². The van der Waals surface area contributed by atoms with Crippen molar-refractivity contribution in [3.63, 3.8) is 0 Å². The zero-order chi connectivity index (χ0) is 14.3. The average Bonchev–Trinajstić information content (AvgIpc) is 2.16. The second-order valence-electron chi connectivity index (χ2n) is 6.70. The fraction of sp³-hybridized carbons (Fsp3) is 0.600. The molecule has 0 saturated heterocycles. The van der Waals surface area contributed by atoms with Crippen LogP contribution in [0, 0.1) is 0 Å². The van der Waals surface area contributed by atoms with Gasteiger partial charge in [-0.1, -0.05) is 41.5 Å². The number of thiol groups is 1. The molecule has 3 heteroatoms. The third kappa shape index (κ3) is 2.77. The number of hydrogen-bond donors (Lipinski definition) is 2. The van der Waals surface area contributed by atoms with Gasteiger partial charge in [-0.05, 0) is 16.9 Å². The third-order valence-electron chi connectivity index (χ3n) is 2.99. The first kappa shape index (κ1) is 15.2. The average molecular weight is 268 g/mol. The molecule has 0 aliphatic heterocycles. The molecule has 0 fully saturated rings. The molecular formula is C15H24O2S. The molecule has 18 heavy (non-hydrogen) atoms. The van der Waals surface area contributed by atoms with Gasteiger partial charge in [0.25, 0.3) is 0 Å². The van der Waals surface area contributed by atoms with E-state index in [0.717, 1.165) is 16.0 Å². The zero-order valence-electron chi connectivity index (χ0n) is 12.4. The molecule has 0 radical (unpaired) electrons. The van der Waals surface area contributed by atoms with Crippen molar-refractivity contribution in [3.8, 4) is 11.5 Å². The van der Waals surface area contributed by atoms with Crippen LogP contribution in [0.2, 0.25) is 0 Å². The molecule has 1 rings (SSSR count). The number of methoxy groups -OCH3 is 1. The Kier molecular flexibility index (Phi) is 3.97. The van der Waals surface area contributed by atoms with E-state index in [2.05, 4.69) is 54.2 Å². The van der Waals surface area contributed by atoms with Gasteiger partial charge in [-0.25, -0.2) is 0 Å². The number of rotatable bonds is 1. The van der Waals surface area contributed by atoms with E-state index in [0.29, 0.717) is 11.5 Å². The SMILES string of the molecule is COc1c(S)cc(C(C)(C)C)c(O)c1C(C)(C)C. The normalized spacial score (nSPS) is 12.7. The van der Waals surface area contributed by atoms with Gasteiger partial charge in [0.2, 0.25) is 0 Å².